The molecule has 5 nitrogen and oxygen atoms in total. The summed E-state index contributed by atoms with van der Waals surface area (Å²) in [5.74, 6) is 0.469. The summed E-state index contributed by atoms with van der Waals surface area (Å²) in [6.07, 6.45) is 7.26. The Morgan fingerprint density at radius 3 is 2.54 bits per heavy atom. The van der Waals surface area contributed by atoms with Gasteiger partial charge in [0.25, 0.3) is 0 Å². The normalized spacial score (nSPS) is 15.5. The molecule has 0 heterocycles. The Morgan fingerprint density at radius 1 is 1.21 bits per heavy atom. The highest BCUT2D eigenvalue weighted by molar-refractivity contribution is 14.0. The first kappa shape index (κ1) is 21.0. The third-order valence-electron chi connectivity index (χ3n) is 3.93. The van der Waals surface area contributed by atoms with Crippen molar-refractivity contribution in [2.24, 2.45) is 10.7 Å². The van der Waals surface area contributed by atoms with Crippen molar-refractivity contribution in [2.75, 3.05) is 11.9 Å². The Labute approximate surface area is 165 Å². The Kier molecular flexibility index (Phi) is 10.1. The number of guanidine groups is 1. The van der Waals surface area contributed by atoms with E-state index < -0.39 is 0 Å². The molecule has 1 amide bonds. The first-order valence-corrected chi connectivity index (χ1v) is 8.63. The van der Waals surface area contributed by atoms with E-state index in [1.807, 2.05) is 0 Å². The van der Waals surface area contributed by atoms with Crippen LogP contribution in [0.1, 0.15) is 44.9 Å². The van der Waals surface area contributed by atoms with Gasteiger partial charge in [0, 0.05) is 29.7 Å². The van der Waals surface area contributed by atoms with Crippen molar-refractivity contribution in [1.82, 2.24) is 5.32 Å². The fourth-order valence-corrected chi connectivity index (χ4v) is 2.82. The Bertz CT molecular complexity index is 530. The number of nitrogens with zero attached hydrogens (tertiary/aromatic N) is 1. The van der Waals surface area contributed by atoms with Crippen molar-refractivity contribution in [3.63, 3.8) is 0 Å². The molecule has 1 aliphatic carbocycles. The summed E-state index contributed by atoms with van der Waals surface area (Å²) in [5, 5.41) is 6.75. The first-order chi connectivity index (χ1) is 11.1. The van der Waals surface area contributed by atoms with Gasteiger partial charge in [-0.25, -0.2) is 0 Å². The van der Waals surface area contributed by atoms with Crippen molar-refractivity contribution in [3.05, 3.63) is 29.3 Å². The predicted molar refractivity (Wildman–Crippen MR) is 111 cm³/mol. The maximum Gasteiger partial charge on any atom is 0.224 e. The number of nitrogens with two attached hydrogens (primary N) is 1. The van der Waals surface area contributed by atoms with Gasteiger partial charge in [-0.05, 0) is 43.5 Å². The van der Waals surface area contributed by atoms with E-state index in [0.29, 0.717) is 36.4 Å². The van der Waals surface area contributed by atoms with Crippen LogP contribution in [-0.4, -0.2) is 24.5 Å². The lowest BCUT2D eigenvalue weighted by atomic mass is 9.96. The van der Waals surface area contributed by atoms with Crippen LogP contribution in [0.25, 0.3) is 0 Å². The van der Waals surface area contributed by atoms with Crippen LogP contribution in [0.2, 0.25) is 5.02 Å². The maximum absolute atomic E-state index is 11.8. The van der Waals surface area contributed by atoms with Gasteiger partial charge in [-0.2, -0.15) is 0 Å². The van der Waals surface area contributed by atoms with E-state index >= 15 is 0 Å². The highest BCUT2D eigenvalue weighted by Gasteiger charge is 2.13. The number of nitrogens with one attached hydrogen (secondary N) is 2. The molecule has 0 atom stereocenters. The van der Waals surface area contributed by atoms with Crippen LogP contribution >= 0.6 is 35.6 Å². The Balaban J connectivity index is 0.00000288. The zero-order chi connectivity index (χ0) is 16.5. The number of halogens is 2. The SMILES string of the molecule is I.NC(=NCCCC(=O)Nc1ccc(Cl)cc1)NC1CCCCC1. The predicted octanol–water partition coefficient (Wildman–Crippen LogP) is 3.91. The minimum atomic E-state index is -0.0265. The summed E-state index contributed by atoms with van der Waals surface area (Å²) in [6.45, 7) is 0.555. The summed E-state index contributed by atoms with van der Waals surface area (Å²) in [7, 11) is 0. The summed E-state index contributed by atoms with van der Waals surface area (Å²) in [6, 6.07) is 7.52. The van der Waals surface area contributed by atoms with Gasteiger partial charge in [-0.15, -0.1) is 24.0 Å². The molecule has 4 N–H and O–H groups in total. The maximum atomic E-state index is 11.8. The van der Waals surface area contributed by atoms with Crippen LogP contribution in [0, 0.1) is 0 Å². The molecule has 7 heteroatoms. The van der Waals surface area contributed by atoms with Gasteiger partial charge in [0.15, 0.2) is 5.96 Å². The lowest BCUT2D eigenvalue weighted by Gasteiger charge is -2.23. The number of hydrogen-bond acceptors (Lipinski definition) is 2. The second kappa shape index (κ2) is 11.5. The summed E-state index contributed by atoms with van der Waals surface area (Å²) in [4.78, 5) is 16.1. The van der Waals surface area contributed by atoms with Crippen molar-refractivity contribution >= 4 is 53.1 Å². The monoisotopic (exact) mass is 464 g/mol. The highest BCUT2D eigenvalue weighted by Crippen LogP contribution is 2.17. The van der Waals surface area contributed by atoms with Gasteiger partial charge < -0.3 is 16.4 Å². The van der Waals surface area contributed by atoms with Crippen molar-refractivity contribution in [1.29, 1.82) is 0 Å². The number of aliphatic imine (C=N–C) groups is 1. The topological polar surface area (TPSA) is 79.5 Å². The molecule has 0 saturated heterocycles. The number of carbonyl (C=O) groups excluding carboxylic acids is 1. The number of hydrogen-bond donors (Lipinski definition) is 3. The third-order valence-corrected chi connectivity index (χ3v) is 4.18. The average Bonchev–Trinajstić information content (AvgIpc) is 2.55. The minimum Gasteiger partial charge on any atom is -0.370 e. The Morgan fingerprint density at radius 2 is 1.88 bits per heavy atom. The Hall–Kier alpha value is -1.02. The standard InChI is InChI=1S/C17H25ClN4O.HI/c18-13-8-10-15(11-9-13)21-16(23)7-4-12-20-17(19)22-14-5-2-1-3-6-14;/h8-11,14H,1-7,12H2,(H,21,23)(H3,19,20,22);1H. The molecule has 1 aromatic carbocycles. The molecule has 1 aliphatic rings. The van der Waals surface area contributed by atoms with Crippen molar-refractivity contribution in [3.8, 4) is 0 Å². The van der Waals surface area contributed by atoms with Crippen LogP contribution in [0.3, 0.4) is 0 Å². The van der Waals surface area contributed by atoms with Gasteiger partial charge in [-0.3, -0.25) is 9.79 Å². The van der Waals surface area contributed by atoms with Gasteiger partial charge in [-0.1, -0.05) is 30.9 Å². The molecule has 0 bridgehead atoms. The van der Waals surface area contributed by atoms with Crippen LogP contribution in [0.4, 0.5) is 5.69 Å². The molecule has 0 radical (unpaired) electrons. The molecule has 0 unspecified atom stereocenters. The fourth-order valence-electron chi connectivity index (χ4n) is 2.70. The summed E-state index contributed by atoms with van der Waals surface area (Å²) < 4.78 is 0. The number of benzene rings is 1. The van der Waals surface area contributed by atoms with Gasteiger partial charge in [0.1, 0.15) is 0 Å². The van der Waals surface area contributed by atoms with Gasteiger partial charge in [0.2, 0.25) is 5.91 Å². The highest BCUT2D eigenvalue weighted by atomic mass is 127. The number of rotatable bonds is 6. The lowest BCUT2D eigenvalue weighted by Crippen LogP contribution is -2.41. The molecule has 0 spiro atoms. The average molecular weight is 465 g/mol. The lowest BCUT2D eigenvalue weighted by molar-refractivity contribution is -0.116. The van der Waals surface area contributed by atoms with E-state index in [4.69, 9.17) is 17.3 Å². The van der Waals surface area contributed by atoms with E-state index in [1.165, 1.54) is 32.1 Å². The molecule has 134 valence electrons. The minimum absolute atomic E-state index is 0. The van der Waals surface area contributed by atoms with Crippen LogP contribution in [-0.2, 0) is 4.79 Å². The van der Waals surface area contributed by atoms with E-state index in [9.17, 15) is 4.79 Å². The zero-order valence-electron chi connectivity index (χ0n) is 13.8. The fraction of sp³-hybridized carbons (Fsp3) is 0.529. The zero-order valence-corrected chi connectivity index (χ0v) is 16.8. The molecule has 1 saturated carbocycles. The van der Waals surface area contributed by atoms with E-state index in [0.717, 1.165) is 5.69 Å². The molecule has 0 aliphatic heterocycles. The second-order valence-corrected chi connectivity index (χ2v) is 6.34. The van der Waals surface area contributed by atoms with E-state index in [1.54, 1.807) is 24.3 Å². The number of amides is 1. The quantitative estimate of drug-likeness (QED) is 0.258. The van der Waals surface area contributed by atoms with Crippen molar-refractivity contribution in [2.45, 2.75) is 51.0 Å². The largest absolute Gasteiger partial charge is 0.370 e. The third kappa shape index (κ3) is 8.19. The van der Waals surface area contributed by atoms with Crippen molar-refractivity contribution < 1.29 is 4.79 Å². The smallest absolute Gasteiger partial charge is 0.224 e. The van der Waals surface area contributed by atoms with Gasteiger partial charge >= 0.3 is 0 Å². The van der Waals surface area contributed by atoms with Gasteiger partial charge in [0.05, 0.1) is 0 Å². The summed E-state index contributed by atoms with van der Waals surface area (Å²) >= 11 is 5.80. The van der Waals surface area contributed by atoms with Crippen LogP contribution in [0.5, 0.6) is 0 Å². The molecular formula is C17H26ClIN4O. The van der Waals surface area contributed by atoms with Crippen LogP contribution in [0.15, 0.2) is 29.3 Å². The van der Waals surface area contributed by atoms with E-state index in [2.05, 4.69) is 15.6 Å². The number of carbonyl (C=O) groups is 1. The molecule has 0 aromatic heterocycles. The number of anilines is 1. The first-order valence-electron chi connectivity index (χ1n) is 8.25. The van der Waals surface area contributed by atoms with Crippen LogP contribution < -0.4 is 16.4 Å². The molecule has 1 aromatic rings. The molecular weight excluding hydrogens is 439 g/mol. The second-order valence-electron chi connectivity index (χ2n) is 5.90. The molecule has 1 fully saturated rings. The molecule has 2 rings (SSSR count). The molecule has 24 heavy (non-hydrogen) atoms. The summed E-state index contributed by atoms with van der Waals surface area (Å²) in [5.41, 5.74) is 6.64. The van der Waals surface area contributed by atoms with E-state index in [-0.39, 0.29) is 29.9 Å².